The van der Waals surface area contributed by atoms with Crippen molar-refractivity contribution in [3.63, 3.8) is 0 Å². The van der Waals surface area contributed by atoms with Gasteiger partial charge < -0.3 is 4.90 Å². The number of rotatable bonds is 2. The van der Waals surface area contributed by atoms with Crippen LogP contribution in [0.5, 0.6) is 0 Å². The van der Waals surface area contributed by atoms with E-state index in [2.05, 4.69) is 30.6 Å². The Bertz CT molecular complexity index is 288. The molecule has 0 aromatic carbocycles. The molecule has 124 valence electrons. The number of hydrogen-bond donors (Lipinski definition) is 0. The summed E-state index contributed by atoms with van der Waals surface area (Å²) in [6, 6.07) is 0. The van der Waals surface area contributed by atoms with E-state index in [1.807, 2.05) is 13.8 Å². The SMILES string of the molecule is CC.CC1CCN(CC(=O)N2CC3CC3C2)CC1.CCC. The summed E-state index contributed by atoms with van der Waals surface area (Å²) < 4.78 is 0. The molecule has 3 fully saturated rings. The van der Waals surface area contributed by atoms with Gasteiger partial charge in [-0.15, -0.1) is 0 Å². The molecule has 0 spiro atoms. The average molecular weight is 296 g/mol. The smallest absolute Gasteiger partial charge is 0.236 e. The first-order valence-corrected chi connectivity index (χ1v) is 9.14. The second-order valence-electron chi connectivity index (χ2n) is 6.72. The minimum absolute atomic E-state index is 0.377. The second-order valence-corrected chi connectivity index (χ2v) is 6.72. The van der Waals surface area contributed by atoms with Crippen LogP contribution < -0.4 is 0 Å². The molecule has 1 saturated carbocycles. The quantitative estimate of drug-likeness (QED) is 0.777. The Labute approximate surface area is 132 Å². The zero-order valence-electron chi connectivity index (χ0n) is 14.9. The van der Waals surface area contributed by atoms with Crippen molar-refractivity contribution in [3.05, 3.63) is 0 Å². The van der Waals surface area contributed by atoms with Crippen molar-refractivity contribution >= 4 is 5.91 Å². The van der Waals surface area contributed by atoms with Gasteiger partial charge in [0, 0.05) is 13.1 Å². The molecule has 0 N–H and O–H groups in total. The number of fused-ring (bicyclic) bond motifs is 1. The van der Waals surface area contributed by atoms with Crippen molar-refractivity contribution < 1.29 is 4.79 Å². The summed E-state index contributed by atoms with van der Waals surface area (Å²) in [7, 11) is 0. The standard InChI is InChI=1S/C13H22N2O.C3H8.C2H6/c1-10-2-4-14(5-3-10)9-13(16)15-7-11-6-12(11)8-15;1-3-2;1-2/h10-12H,2-9H2,1H3;3H2,1-2H3;1-2H3. The number of piperidine rings is 2. The van der Waals surface area contributed by atoms with Gasteiger partial charge in [0.2, 0.25) is 5.91 Å². The molecular formula is C18H36N2O. The molecule has 2 aliphatic heterocycles. The topological polar surface area (TPSA) is 23.6 Å². The first-order chi connectivity index (χ1) is 10.1. The van der Waals surface area contributed by atoms with Crippen LogP contribution in [0.2, 0.25) is 0 Å². The molecule has 3 nitrogen and oxygen atoms in total. The molecule has 3 aliphatic rings. The van der Waals surface area contributed by atoms with Gasteiger partial charge in [0.05, 0.1) is 6.54 Å². The van der Waals surface area contributed by atoms with Crippen LogP contribution in [0, 0.1) is 17.8 Å². The normalized spacial score (nSPS) is 28.0. The maximum absolute atomic E-state index is 12.0. The summed E-state index contributed by atoms with van der Waals surface area (Å²) >= 11 is 0. The van der Waals surface area contributed by atoms with Crippen molar-refractivity contribution in [2.24, 2.45) is 17.8 Å². The van der Waals surface area contributed by atoms with Crippen LogP contribution >= 0.6 is 0 Å². The molecular weight excluding hydrogens is 260 g/mol. The van der Waals surface area contributed by atoms with Gasteiger partial charge in [0.1, 0.15) is 0 Å². The number of likely N-dealkylation sites (tertiary alicyclic amines) is 2. The summed E-state index contributed by atoms with van der Waals surface area (Å²) in [6.07, 6.45) is 5.15. The molecule has 21 heavy (non-hydrogen) atoms. The lowest BCUT2D eigenvalue weighted by molar-refractivity contribution is -0.132. The van der Waals surface area contributed by atoms with Crippen LogP contribution in [0.1, 0.15) is 60.3 Å². The van der Waals surface area contributed by atoms with Crippen molar-refractivity contribution in [2.45, 2.75) is 60.3 Å². The van der Waals surface area contributed by atoms with E-state index in [1.165, 1.54) is 25.7 Å². The first kappa shape index (κ1) is 18.5. The average Bonchev–Trinajstić information content (AvgIpc) is 3.10. The van der Waals surface area contributed by atoms with Gasteiger partial charge in [-0.25, -0.2) is 0 Å². The van der Waals surface area contributed by atoms with Gasteiger partial charge in [0.25, 0.3) is 0 Å². The molecule has 3 heteroatoms. The van der Waals surface area contributed by atoms with E-state index in [4.69, 9.17) is 0 Å². The predicted molar refractivity (Wildman–Crippen MR) is 90.3 cm³/mol. The van der Waals surface area contributed by atoms with Gasteiger partial charge in [-0.2, -0.15) is 0 Å². The lowest BCUT2D eigenvalue weighted by Gasteiger charge is -2.31. The maximum atomic E-state index is 12.0. The number of carbonyl (C=O) groups excluding carboxylic acids is 1. The van der Waals surface area contributed by atoms with E-state index in [1.54, 1.807) is 0 Å². The van der Waals surface area contributed by atoms with Gasteiger partial charge in [-0.1, -0.05) is 41.0 Å². The molecule has 2 saturated heterocycles. The molecule has 0 aromatic heterocycles. The monoisotopic (exact) mass is 296 g/mol. The zero-order chi connectivity index (χ0) is 15.8. The lowest BCUT2D eigenvalue weighted by Crippen LogP contribution is -2.43. The summed E-state index contributed by atoms with van der Waals surface area (Å²) in [6.45, 7) is 15.6. The predicted octanol–water partition coefficient (Wildman–Crippen LogP) is 3.64. The Kier molecular flexibility index (Phi) is 8.31. The largest absolute Gasteiger partial charge is 0.341 e. The van der Waals surface area contributed by atoms with Crippen LogP contribution in [0.15, 0.2) is 0 Å². The molecule has 0 radical (unpaired) electrons. The van der Waals surface area contributed by atoms with Crippen molar-refractivity contribution in [2.75, 3.05) is 32.7 Å². The molecule has 2 atom stereocenters. The number of hydrogen-bond acceptors (Lipinski definition) is 2. The van der Waals surface area contributed by atoms with Gasteiger partial charge >= 0.3 is 0 Å². The molecule has 2 heterocycles. The molecule has 0 bridgehead atoms. The highest BCUT2D eigenvalue weighted by molar-refractivity contribution is 5.78. The molecule has 1 amide bonds. The minimum Gasteiger partial charge on any atom is -0.341 e. The third-order valence-electron chi connectivity index (χ3n) is 4.57. The summed E-state index contributed by atoms with van der Waals surface area (Å²) in [4.78, 5) is 16.5. The fourth-order valence-corrected chi connectivity index (χ4v) is 3.11. The molecule has 0 aromatic rings. The Balaban J connectivity index is 0.000000395. The van der Waals surface area contributed by atoms with Crippen LogP contribution in [-0.2, 0) is 4.79 Å². The molecule has 3 rings (SSSR count). The van der Waals surface area contributed by atoms with E-state index in [9.17, 15) is 4.79 Å². The Morgan fingerprint density at radius 2 is 1.52 bits per heavy atom. The van der Waals surface area contributed by atoms with E-state index < -0.39 is 0 Å². The van der Waals surface area contributed by atoms with Gasteiger partial charge in [-0.3, -0.25) is 9.69 Å². The lowest BCUT2D eigenvalue weighted by atomic mass is 9.99. The third kappa shape index (κ3) is 5.98. The van der Waals surface area contributed by atoms with Crippen molar-refractivity contribution in [1.82, 2.24) is 9.80 Å². The Morgan fingerprint density at radius 3 is 2.00 bits per heavy atom. The highest BCUT2D eigenvalue weighted by atomic mass is 16.2. The van der Waals surface area contributed by atoms with E-state index in [0.717, 1.165) is 43.9 Å². The highest BCUT2D eigenvalue weighted by Crippen LogP contribution is 2.44. The fourth-order valence-electron chi connectivity index (χ4n) is 3.11. The number of amides is 1. The summed E-state index contributed by atoms with van der Waals surface area (Å²) in [5.41, 5.74) is 0. The van der Waals surface area contributed by atoms with Crippen LogP contribution in [0.3, 0.4) is 0 Å². The zero-order valence-corrected chi connectivity index (χ0v) is 14.9. The number of carbonyl (C=O) groups is 1. The summed E-state index contributed by atoms with van der Waals surface area (Å²) in [5.74, 6) is 2.96. The van der Waals surface area contributed by atoms with E-state index in [-0.39, 0.29) is 0 Å². The molecule has 1 aliphatic carbocycles. The third-order valence-corrected chi connectivity index (χ3v) is 4.57. The Hall–Kier alpha value is -0.570. The van der Waals surface area contributed by atoms with Crippen LogP contribution in [0.25, 0.3) is 0 Å². The fraction of sp³-hybridized carbons (Fsp3) is 0.944. The molecule has 2 unspecified atom stereocenters. The van der Waals surface area contributed by atoms with E-state index >= 15 is 0 Å². The second kappa shape index (κ2) is 9.45. The van der Waals surface area contributed by atoms with Gasteiger partial charge in [-0.05, 0) is 50.1 Å². The maximum Gasteiger partial charge on any atom is 0.236 e. The Morgan fingerprint density at radius 1 is 1.05 bits per heavy atom. The van der Waals surface area contributed by atoms with E-state index in [0.29, 0.717) is 12.5 Å². The summed E-state index contributed by atoms with van der Waals surface area (Å²) in [5, 5.41) is 0. The highest BCUT2D eigenvalue weighted by Gasteiger charge is 2.46. The first-order valence-electron chi connectivity index (χ1n) is 9.14. The van der Waals surface area contributed by atoms with Crippen LogP contribution in [0.4, 0.5) is 0 Å². The minimum atomic E-state index is 0.377. The van der Waals surface area contributed by atoms with Crippen molar-refractivity contribution in [1.29, 1.82) is 0 Å². The van der Waals surface area contributed by atoms with Crippen molar-refractivity contribution in [3.8, 4) is 0 Å². The van der Waals surface area contributed by atoms with Crippen LogP contribution in [-0.4, -0.2) is 48.4 Å². The number of nitrogens with zero attached hydrogens (tertiary/aromatic N) is 2. The van der Waals surface area contributed by atoms with Gasteiger partial charge in [0.15, 0.2) is 0 Å².